The van der Waals surface area contributed by atoms with E-state index in [0.29, 0.717) is 12.4 Å². The van der Waals surface area contributed by atoms with Gasteiger partial charge in [-0.25, -0.2) is 15.0 Å². The molecule has 3 aromatic rings. The first-order valence-electron chi connectivity index (χ1n) is 7.64. The van der Waals surface area contributed by atoms with Gasteiger partial charge in [0.15, 0.2) is 5.82 Å². The zero-order valence-corrected chi connectivity index (χ0v) is 13.7. The molecule has 1 N–H and O–H groups in total. The number of aryl methyl sites for hydroxylation is 1. The molecule has 0 amide bonds. The fourth-order valence-electron chi connectivity index (χ4n) is 2.51. The van der Waals surface area contributed by atoms with E-state index in [1.165, 1.54) is 0 Å². The van der Waals surface area contributed by atoms with E-state index in [1.54, 1.807) is 7.11 Å². The molecule has 0 radical (unpaired) electrons. The summed E-state index contributed by atoms with van der Waals surface area (Å²) in [6.45, 7) is 3.21. The highest BCUT2D eigenvalue weighted by molar-refractivity contribution is 5.74. The molecule has 0 aliphatic carbocycles. The molecule has 0 aliphatic heterocycles. The van der Waals surface area contributed by atoms with Crippen LogP contribution in [0.5, 0.6) is 0 Å². The standard InChI is InChI=1S/C17H21N5O/c1-12-10-17(21-16(18-12)11-23-3)22(2)9-8-15-19-13-6-4-5-7-14(13)20-15/h4-7,10H,8-9,11H2,1-3H3,(H,19,20). The Balaban J connectivity index is 1.70. The van der Waals surface area contributed by atoms with Crippen molar-refractivity contribution in [2.75, 3.05) is 25.6 Å². The van der Waals surface area contributed by atoms with Crippen molar-refractivity contribution in [1.29, 1.82) is 0 Å². The number of nitrogens with one attached hydrogen (secondary N) is 1. The fraction of sp³-hybridized carbons (Fsp3) is 0.353. The van der Waals surface area contributed by atoms with Crippen LogP contribution in [0.1, 0.15) is 17.3 Å². The Morgan fingerprint density at radius 2 is 2.00 bits per heavy atom. The number of benzene rings is 1. The number of imidazole rings is 1. The average molecular weight is 311 g/mol. The van der Waals surface area contributed by atoms with Crippen molar-refractivity contribution < 1.29 is 4.74 Å². The summed E-state index contributed by atoms with van der Waals surface area (Å²) in [5, 5.41) is 0. The lowest BCUT2D eigenvalue weighted by Crippen LogP contribution is -2.22. The minimum Gasteiger partial charge on any atom is -0.377 e. The SMILES string of the molecule is COCc1nc(C)cc(N(C)CCc2nc3ccccc3[nH]2)n1. The number of aromatic nitrogens is 4. The number of hydrogen-bond donors (Lipinski definition) is 1. The normalized spacial score (nSPS) is 11.1. The van der Waals surface area contributed by atoms with Gasteiger partial charge >= 0.3 is 0 Å². The Hall–Kier alpha value is -2.47. The Labute approximate surface area is 135 Å². The third-order valence-electron chi connectivity index (χ3n) is 3.67. The quantitative estimate of drug-likeness (QED) is 0.757. The molecule has 0 spiro atoms. The monoisotopic (exact) mass is 311 g/mol. The van der Waals surface area contributed by atoms with Crippen molar-refractivity contribution in [1.82, 2.24) is 19.9 Å². The highest BCUT2D eigenvalue weighted by Crippen LogP contribution is 2.14. The number of anilines is 1. The van der Waals surface area contributed by atoms with Crippen LogP contribution in [0.4, 0.5) is 5.82 Å². The lowest BCUT2D eigenvalue weighted by Gasteiger charge is -2.18. The summed E-state index contributed by atoms with van der Waals surface area (Å²) in [6, 6.07) is 10.1. The lowest BCUT2D eigenvalue weighted by molar-refractivity contribution is 0.177. The molecule has 0 saturated heterocycles. The third kappa shape index (κ3) is 3.65. The van der Waals surface area contributed by atoms with Gasteiger partial charge in [-0.05, 0) is 19.1 Å². The number of likely N-dealkylation sites (N-methyl/N-ethyl adjacent to an activating group) is 1. The average Bonchev–Trinajstić information content (AvgIpc) is 2.95. The molecule has 6 heteroatoms. The molecular weight excluding hydrogens is 290 g/mol. The summed E-state index contributed by atoms with van der Waals surface area (Å²) < 4.78 is 5.12. The highest BCUT2D eigenvalue weighted by atomic mass is 16.5. The molecule has 0 saturated carbocycles. The Bertz CT molecular complexity index is 766. The maximum Gasteiger partial charge on any atom is 0.156 e. The van der Waals surface area contributed by atoms with Crippen molar-refractivity contribution in [3.8, 4) is 0 Å². The van der Waals surface area contributed by atoms with Gasteiger partial charge in [-0.3, -0.25) is 0 Å². The topological polar surface area (TPSA) is 66.9 Å². The lowest BCUT2D eigenvalue weighted by atomic mass is 10.3. The zero-order chi connectivity index (χ0) is 16.2. The van der Waals surface area contributed by atoms with Crippen LogP contribution in [0.2, 0.25) is 0 Å². The van der Waals surface area contributed by atoms with Gasteiger partial charge in [0, 0.05) is 38.9 Å². The van der Waals surface area contributed by atoms with E-state index in [9.17, 15) is 0 Å². The highest BCUT2D eigenvalue weighted by Gasteiger charge is 2.09. The molecule has 2 aromatic heterocycles. The number of nitrogens with zero attached hydrogens (tertiary/aromatic N) is 4. The zero-order valence-electron chi connectivity index (χ0n) is 13.7. The summed E-state index contributed by atoms with van der Waals surface area (Å²) in [5.74, 6) is 2.60. The van der Waals surface area contributed by atoms with Gasteiger partial charge in [0.2, 0.25) is 0 Å². The van der Waals surface area contributed by atoms with E-state index in [-0.39, 0.29) is 0 Å². The van der Waals surface area contributed by atoms with E-state index in [1.807, 2.05) is 44.3 Å². The summed E-state index contributed by atoms with van der Waals surface area (Å²) in [7, 11) is 3.68. The second-order valence-electron chi connectivity index (χ2n) is 5.59. The van der Waals surface area contributed by atoms with Crippen LogP contribution < -0.4 is 4.90 Å². The number of para-hydroxylation sites is 2. The van der Waals surface area contributed by atoms with Gasteiger partial charge < -0.3 is 14.6 Å². The van der Waals surface area contributed by atoms with Gasteiger partial charge in [-0.1, -0.05) is 12.1 Å². The molecule has 2 heterocycles. The van der Waals surface area contributed by atoms with Gasteiger partial charge in [0.05, 0.1) is 11.0 Å². The first-order valence-corrected chi connectivity index (χ1v) is 7.64. The Kier molecular flexibility index (Phi) is 4.52. The molecule has 120 valence electrons. The van der Waals surface area contributed by atoms with Crippen LogP contribution in [0.25, 0.3) is 11.0 Å². The van der Waals surface area contributed by atoms with Crippen LogP contribution in [0.15, 0.2) is 30.3 Å². The minimum atomic E-state index is 0.423. The van der Waals surface area contributed by atoms with Gasteiger partial charge in [0.1, 0.15) is 18.2 Å². The van der Waals surface area contributed by atoms with Crippen molar-refractivity contribution in [3.05, 3.63) is 47.7 Å². The molecule has 0 aliphatic rings. The predicted octanol–water partition coefficient (Wildman–Crippen LogP) is 2.49. The maximum atomic E-state index is 5.12. The van der Waals surface area contributed by atoms with Gasteiger partial charge in [-0.15, -0.1) is 0 Å². The molecule has 0 atom stereocenters. The Morgan fingerprint density at radius 3 is 2.78 bits per heavy atom. The molecule has 6 nitrogen and oxygen atoms in total. The second kappa shape index (κ2) is 6.75. The van der Waals surface area contributed by atoms with E-state index in [4.69, 9.17) is 4.74 Å². The number of aromatic amines is 1. The molecule has 1 aromatic carbocycles. The third-order valence-corrected chi connectivity index (χ3v) is 3.67. The van der Waals surface area contributed by atoms with Crippen LogP contribution in [-0.2, 0) is 17.8 Å². The summed E-state index contributed by atoms with van der Waals surface area (Å²) in [5.41, 5.74) is 3.02. The van der Waals surface area contributed by atoms with Crippen molar-refractivity contribution in [3.63, 3.8) is 0 Å². The number of ether oxygens (including phenoxy) is 1. The number of rotatable bonds is 6. The number of H-pyrrole nitrogens is 1. The Morgan fingerprint density at radius 1 is 1.17 bits per heavy atom. The summed E-state index contributed by atoms with van der Waals surface area (Å²) >= 11 is 0. The molecule has 3 rings (SSSR count). The van der Waals surface area contributed by atoms with E-state index >= 15 is 0 Å². The van der Waals surface area contributed by atoms with Crippen molar-refractivity contribution in [2.24, 2.45) is 0 Å². The number of hydrogen-bond acceptors (Lipinski definition) is 5. The van der Waals surface area contributed by atoms with Crippen molar-refractivity contribution in [2.45, 2.75) is 20.0 Å². The summed E-state index contributed by atoms with van der Waals surface area (Å²) in [4.78, 5) is 19.0. The second-order valence-corrected chi connectivity index (χ2v) is 5.59. The van der Waals surface area contributed by atoms with Gasteiger partial charge in [0.25, 0.3) is 0 Å². The maximum absolute atomic E-state index is 5.12. The van der Waals surface area contributed by atoms with E-state index in [2.05, 4.69) is 24.8 Å². The molecule has 0 unspecified atom stereocenters. The molecular formula is C17H21N5O. The van der Waals surface area contributed by atoms with E-state index < -0.39 is 0 Å². The first-order chi connectivity index (χ1) is 11.2. The smallest absolute Gasteiger partial charge is 0.156 e. The largest absolute Gasteiger partial charge is 0.377 e. The molecule has 23 heavy (non-hydrogen) atoms. The van der Waals surface area contributed by atoms with Crippen LogP contribution in [-0.4, -0.2) is 40.6 Å². The predicted molar refractivity (Wildman–Crippen MR) is 90.5 cm³/mol. The van der Waals surface area contributed by atoms with Crippen LogP contribution in [0.3, 0.4) is 0 Å². The van der Waals surface area contributed by atoms with Crippen LogP contribution >= 0.6 is 0 Å². The molecule has 0 bridgehead atoms. The summed E-state index contributed by atoms with van der Waals surface area (Å²) in [6.07, 6.45) is 0.827. The van der Waals surface area contributed by atoms with Gasteiger partial charge in [-0.2, -0.15) is 0 Å². The number of fused-ring (bicyclic) bond motifs is 1. The molecule has 0 fully saturated rings. The minimum absolute atomic E-state index is 0.423. The number of methoxy groups -OCH3 is 1. The van der Waals surface area contributed by atoms with Crippen molar-refractivity contribution >= 4 is 16.9 Å². The van der Waals surface area contributed by atoms with Crippen LogP contribution in [0, 0.1) is 6.92 Å². The van der Waals surface area contributed by atoms with E-state index in [0.717, 1.165) is 41.3 Å². The first kappa shape index (κ1) is 15.4. The fourth-order valence-corrected chi connectivity index (χ4v) is 2.51.